The van der Waals surface area contributed by atoms with Gasteiger partial charge in [0.2, 0.25) is 5.78 Å². The molecule has 0 aliphatic rings. The van der Waals surface area contributed by atoms with Crippen LogP contribution in [0.15, 0.2) is 46.9 Å². The minimum Gasteiger partial charge on any atom is -0.497 e. The van der Waals surface area contributed by atoms with E-state index < -0.39 is 11.6 Å². The van der Waals surface area contributed by atoms with E-state index in [-0.39, 0.29) is 11.3 Å². The molecular weight excluding hydrogens is 271 g/mol. The Kier molecular flexibility index (Phi) is 3.22. The van der Waals surface area contributed by atoms with Crippen molar-refractivity contribution in [3.8, 4) is 5.75 Å². The third-order valence-electron chi connectivity index (χ3n) is 3.39. The molecule has 0 radical (unpaired) electrons. The van der Waals surface area contributed by atoms with E-state index in [0.717, 1.165) is 10.9 Å². The van der Waals surface area contributed by atoms with Crippen molar-refractivity contribution in [1.82, 2.24) is 0 Å². The number of fused-ring (bicyclic) bond motifs is 1. The van der Waals surface area contributed by atoms with Crippen molar-refractivity contribution in [2.75, 3.05) is 7.11 Å². The maximum absolute atomic E-state index is 14.0. The molecule has 0 unspecified atom stereocenters. The molecule has 0 bridgehead atoms. The average Bonchev–Trinajstić information content (AvgIpc) is 2.92. The van der Waals surface area contributed by atoms with E-state index >= 15 is 0 Å². The maximum atomic E-state index is 14.0. The van der Waals surface area contributed by atoms with Gasteiger partial charge in [0.1, 0.15) is 17.1 Å². The van der Waals surface area contributed by atoms with E-state index in [2.05, 4.69) is 0 Å². The summed E-state index contributed by atoms with van der Waals surface area (Å²) in [5.74, 6) is -0.616. The fraction of sp³-hybridized carbons (Fsp3) is 0.118. The van der Waals surface area contributed by atoms with E-state index in [9.17, 15) is 9.18 Å². The molecule has 0 saturated heterocycles. The summed E-state index contributed by atoms with van der Waals surface area (Å²) < 4.78 is 24.5. The highest BCUT2D eigenvalue weighted by Gasteiger charge is 2.19. The summed E-state index contributed by atoms with van der Waals surface area (Å²) in [6.07, 6.45) is 0. The molecule has 2 aromatic carbocycles. The highest BCUT2D eigenvalue weighted by molar-refractivity contribution is 6.09. The summed E-state index contributed by atoms with van der Waals surface area (Å²) in [6, 6.07) is 11.4. The van der Waals surface area contributed by atoms with Gasteiger partial charge in [0.15, 0.2) is 5.76 Å². The molecule has 0 atom stereocenters. The molecule has 1 heterocycles. The summed E-state index contributed by atoms with van der Waals surface area (Å²) >= 11 is 0. The number of hydrogen-bond acceptors (Lipinski definition) is 3. The van der Waals surface area contributed by atoms with Crippen LogP contribution in [-0.2, 0) is 0 Å². The first kappa shape index (κ1) is 13.4. The lowest BCUT2D eigenvalue weighted by atomic mass is 10.1. The number of carbonyl (C=O) groups excluding carboxylic acids is 1. The Hall–Kier alpha value is -2.62. The van der Waals surface area contributed by atoms with Crippen molar-refractivity contribution in [3.63, 3.8) is 0 Å². The largest absolute Gasteiger partial charge is 0.497 e. The smallest absolute Gasteiger partial charge is 0.231 e. The summed E-state index contributed by atoms with van der Waals surface area (Å²) in [5, 5.41) is 0.826. The lowest BCUT2D eigenvalue weighted by Crippen LogP contribution is -2.03. The number of rotatable bonds is 3. The minimum atomic E-state index is -0.628. The molecular formula is C17H13FO3. The Morgan fingerprint density at radius 2 is 2.00 bits per heavy atom. The molecule has 0 N–H and O–H groups in total. The van der Waals surface area contributed by atoms with Gasteiger partial charge >= 0.3 is 0 Å². The monoisotopic (exact) mass is 284 g/mol. The second kappa shape index (κ2) is 5.05. The fourth-order valence-electron chi connectivity index (χ4n) is 2.26. The van der Waals surface area contributed by atoms with Crippen LogP contribution in [0.5, 0.6) is 5.75 Å². The molecule has 0 spiro atoms. The zero-order valence-electron chi connectivity index (χ0n) is 11.6. The summed E-state index contributed by atoms with van der Waals surface area (Å²) in [4.78, 5) is 12.4. The zero-order chi connectivity index (χ0) is 15.0. The Labute approximate surface area is 120 Å². The molecule has 0 aliphatic carbocycles. The number of benzene rings is 2. The highest BCUT2D eigenvalue weighted by Crippen LogP contribution is 2.26. The average molecular weight is 284 g/mol. The predicted molar refractivity (Wildman–Crippen MR) is 77.3 cm³/mol. The van der Waals surface area contributed by atoms with Crippen LogP contribution in [0.25, 0.3) is 11.0 Å². The molecule has 0 aliphatic heterocycles. The van der Waals surface area contributed by atoms with Crippen LogP contribution in [0.3, 0.4) is 0 Å². The Balaban J connectivity index is 2.06. The van der Waals surface area contributed by atoms with Gasteiger partial charge in [-0.05, 0) is 30.7 Å². The third kappa shape index (κ3) is 2.29. The number of furan rings is 1. The van der Waals surface area contributed by atoms with E-state index in [1.54, 1.807) is 12.1 Å². The van der Waals surface area contributed by atoms with Gasteiger partial charge in [0, 0.05) is 11.5 Å². The number of ketones is 1. The van der Waals surface area contributed by atoms with E-state index in [1.165, 1.54) is 19.2 Å². The number of ether oxygens (including phenoxy) is 1. The molecule has 4 heteroatoms. The van der Waals surface area contributed by atoms with Gasteiger partial charge in [-0.25, -0.2) is 4.39 Å². The molecule has 21 heavy (non-hydrogen) atoms. The topological polar surface area (TPSA) is 39.4 Å². The SMILES string of the molecule is COc1ccc(C(=O)c2cc3cccc(C)c3o2)c(F)c1. The van der Waals surface area contributed by atoms with Crippen molar-refractivity contribution in [2.45, 2.75) is 6.92 Å². The van der Waals surface area contributed by atoms with Gasteiger partial charge in [-0.2, -0.15) is 0 Å². The quantitative estimate of drug-likeness (QED) is 0.679. The number of para-hydroxylation sites is 1. The van der Waals surface area contributed by atoms with Crippen molar-refractivity contribution < 1.29 is 18.3 Å². The fourth-order valence-corrected chi connectivity index (χ4v) is 2.26. The van der Waals surface area contributed by atoms with Crippen LogP contribution in [0.1, 0.15) is 21.7 Å². The van der Waals surface area contributed by atoms with Gasteiger partial charge in [-0.3, -0.25) is 4.79 Å². The predicted octanol–water partition coefficient (Wildman–Crippen LogP) is 4.12. The van der Waals surface area contributed by atoms with Crippen LogP contribution in [-0.4, -0.2) is 12.9 Å². The van der Waals surface area contributed by atoms with Crippen LogP contribution < -0.4 is 4.74 Å². The molecule has 0 amide bonds. The lowest BCUT2D eigenvalue weighted by Gasteiger charge is -2.03. The molecule has 0 fully saturated rings. The van der Waals surface area contributed by atoms with Crippen LogP contribution in [0.4, 0.5) is 4.39 Å². The molecule has 106 valence electrons. The second-order valence-electron chi connectivity index (χ2n) is 4.78. The zero-order valence-corrected chi connectivity index (χ0v) is 11.6. The summed E-state index contributed by atoms with van der Waals surface area (Å²) in [5.41, 5.74) is 1.55. The normalized spacial score (nSPS) is 10.8. The van der Waals surface area contributed by atoms with Gasteiger partial charge < -0.3 is 9.15 Å². The summed E-state index contributed by atoms with van der Waals surface area (Å²) in [6.45, 7) is 1.90. The Morgan fingerprint density at radius 1 is 1.19 bits per heavy atom. The van der Waals surface area contributed by atoms with Crippen molar-refractivity contribution in [2.24, 2.45) is 0 Å². The van der Waals surface area contributed by atoms with Gasteiger partial charge in [0.25, 0.3) is 0 Å². The van der Waals surface area contributed by atoms with Crippen LogP contribution in [0.2, 0.25) is 0 Å². The Bertz CT molecular complexity index is 833. The van der Waals surface area contributed by atoms with Crippen molar-refractivity contribution in [1.29, 1.82) is 0 Å². The Morgan fingerprint density at radius 3 is 2.67 bits per heavy atom. The standard InChI is InChI=1S/C17H13FO3/c1-10-4-3-5-11-8-15(21-17(10)11)16(19)13-7-6-12(20-2)9-14(13)18/h3-9H,1-2H3. The molecule has 0 saturated carbocycles. The van der Waals surface area contributed by atoms with E-state index in [0.29, 0.717) is 11.3 Å². The summed E-state index contributed by atoms with van der Waals surface area (Å²) in [7, 11) is 1.44. The number of hydrogen-bond donors (Lipinski definition) is 0. The third-order valence-corrected chi connectivity index (χ3v) is 3.39. The first-order valence-electron chi connectivity index (χ1n) is 6.47. The van der Waals surface area contributed by atoms with Gasteiger partial charge in [-0.1, -0.05) is 18.2 Å². The lowest BCUT2D eigenvalue weighted by molar-refractivity contribution is 0.101. The minimum absolute atomic E-state index is 0.0347. The maximum Gasteiger partial charge on any atom is 0.231 e. The second-order valence-corrected chi connectivity index (χ2v) is 4.78. The number of halogens is 1. The first-order chi connectivity index (χ1) is 10.1. The van der Waals surface area contributed by atoms with E-state index in [1.807, 2.05) is 25.1 Å². The van der Waals surface area contributed by atoms with Crippen molar-refractivity contribution >= 4 is 16.8 Å². The molecule has 3 nitrogen and oxygen atoms in total. The molecule has 3 aromatic rings. The number of carbonyl (C=O) groups is 1. The van der Waals surface area contributed by atoms with Gasteiger partial charge in [0.05, 0.1) is 12.7 Å². The number of aryl methyl sites for hydroxylation is 1. The molecule has 3 rings (SSSR count). The van der Waals surface area contributed by atoms with Gasteiger partial charge in [-0.15, -0.1) is 0 Å². The first-order valence-corrected chi connectivity index (χ1v) is 6.47. The van der Waals surface area contributed by atoms with Crippen molar-refractivity contribution in [3.05, 3.63) is 65.2 Å². The highest BCUT2D eigenvalue weighted by atomic mass is 19.1. The van der Waals surface area contributed by atoms with Crippen LogP contribution in [0, 0.1) is 12.7 Å². The van der Waals surface area contributed by atoms with E-state index in [4.69, 9.17) is 9.15 Å². The molecule has 1 aromatic heterocycles. The number of methoxy groups -OCH3 is 1. The van der Waals surface area contributed by atoms with Crippen LogP contribution >= 0.6 is 0 Å².